The second kappa shape index (κ2) is 2.75. The molecule has 2 nitrogen and oxygen atoms in total. The van der Waals surface area contributed by atoms with E-state index in [1.807, 2.05) is 0 Å². The second-order valence-corrected chi connectivity index (χ2v) is 6.07. The third kappa shape index (κ3) is 0.928. The van der Waals surface area contributed by atoms with Gasteiger partial charge < -0.3 is 0 Å². The highest BCUT2D eigenvalue weighted by molar-refractivity contribution is 7.99. The van der Waals surface area contributed by atoms with Crippen LogP contribution in [0.4, 0.5) is 0 Å². The maximum absolute atomic E-state index is 5.59. The van der Waals surface area contributed by atoms with Crippen LogP contribution in [0.5, 0.6) is 0 Å². The van der Waals surface area contributed by atoms with Crippen molar-refractivity contribution in [2.45, 2.75) is 30.0 Å². The van der Waals surface area contributed by atoms with Crippen LogP contribution in [0, 0.1) is 0 Å². The molecule has 0 aliphatic heterocycles. The van der Waals surface area contributed by atoms with Crippen molar-refractivity contribution in [2.75, 3.05) is 0 Å². The fraction of sp³-hybridized carbons (Fsp3) is 0.364. The van der Waals surface area contributed by atoms with Crippen LogP contribution in [0.25, 0.3) is 10.2 Å². The summed E-state index contributed by atoms with van der Waals surface area (Å²) in [5.74, 6) is 0. The fourth-order valence-electron chi connectivity index (χ4n) is 2.69. The number of hydrogen-bond acceptors (Lipinski definition) is 4. The number of aromatic nitrogens is 1. The zero-order chi connectivity index (χ0) is 9.99. The van der Waals surface area contributed by atoms with E-state index in [2.05, 4.69) is 4.98 Å². The minimum absolute atomic E-state index is 1.01. The molecule has 0 unspecified atom stereocenters. The molecule has 4 rings (SSSR count). The number of nitrogens with two attached hydrogens (primary N) is 1. The lowest BCUT2D eigenvalue weighted by atomic mass is 9.74. The van der Waals surface area contributed by atoms with Gasteiger partial charge in [0, 0.05) is 0 Å². The molecule has 15 heavy (non-hydrogen) atoms. The van der Waals surface area contributed by atoms with Crippen LogP contribution < -0.4 is 5.14 Å². The van der Waals surface area contributed by atoms with Crippen LogP contribution in [-0.2, 0) is 25.7 Å². The van der Waals surface area contributed by atoms with Gasteiger partial charge in [-0.2, -0.15) is 0 Å². The molecule has 76 valence electrons. The average Bonchev–Trinajstić information content (AvgIpc) is 2.53. The van der Waals surface area contributed by atoms with Crippen LogP contribution in [0.1, 0.15) is 22.3 Å². The van der Waals surface area contributed by atoms with E-state index in [0.29, 0.717) is 0 Å². The van der Waals surface area contributed by atoms with Crippen LogP contribution in [0.3, 0.4) is 0 Å². The van der Waals surface area contributed by atoms with E-state index in [1.54, 1.807) is 28.0 Å². The number of fused-ring (bicyclic) bond motifs is 6. The molecule has 2 aliphatic carbocycles. The molecule has 4 heteroatoms. The van der Waals surface area contributed by atoms with Crippen molar-refractivity contribution in [2.24, 2.45) is 5.14 Å². The fourth-order valence-corrected chi connectivity index (χ4v) is 4.20. The van der Waals surface area contributed by atoms with E-state index in [1.165, 1.54) is 53.4 Å². The molecular formula is C11H10N2S2. The number of hydrogen-bond donors (Lipinski definition) is 1. The van der Waals surface area contributed by atoms with Gasteiger partial charge in [0.25, 0.3) is 0 Å². The van der Waals surface area contributed by atoms with Crippen molar-refractivity contribution >= 4 is 33.5 Å². The molecule has 1 heterocycles. The van der Waals surface area contributed by atoms with Gasteiger partial charge in [-0.15, -0.1) is 11.3 Å². The minimum atomic E-state index is 1.01. The molecular weight excluding hydrogens is 224 g/mol. The van der Waals surface area contributed by atoms with Gasteiger partial charge in [0.15, 0.2) is 4.34 Å². The molecule has 0 saturated heterocycles. The smallest absolute Gasteiger partial charge is 0.165 e. The summed E-state index contributed by atoms with van der Waals surface area (Å²) in [5.41, 5.74) is 7.59. The molecule has 0 spiro atoms. The number of aryl methyl sites for hydroxylation is 2. The normalized spacial score (nSPS) is 16.9. The zero-order valence-corrected chi connectivity index (χ0v) is 9.80. The first-order valence-electron chi connectivity index (χ1n) is 5.21. The van der Waals surface area contributed by atoms with Crippen molar-refractivity contribution in [3.8, 4) is 0 Å². The van der Waals surface area contributed by atoms with Crippen molar-refractivity contribution in [3.05, 3.63) is 22.3 Å². The van der Waals surface area contributed by atoms with Crippen molar-refractivity contribution < 1.29 is 0 Å². The molecule has 0 bridgehead atoms. The molecule has 2 aromatic rings. The Balaban J connectivity index is 2.16. The van der Waals surface area contributed by atoms with Gasteiger partial charge in [-0.25, -0.2) is 4.98 Å². The van der Waals surface area contributed by atoms with Gasteiger partial charge in [-0.1, -0.05) is 0 Å². The third-order valence-corrected chi connectivity index (χ3v) is 5.35. The highest BCUT2D eigenvalue weighted by Gasteiger charge is 2.30. The Kier molecular flexibility index (Phi) is 1.57. The first kappa shape index (κ1) is 8.56. The summed E-state index contributed by atoms with van der Waals surface area (Å²) in [6.07, 6.45) is 5.03. The zero-order valence-electron chi connectivity index (χ0n) is 8.17. The highest BCUT2D eigenvalue weighted by Crippen LogP contribution is 2.45. The molecule has 1 aromatic heterocycles. The molecule has 0 saturated carbocycles. The molecule has 0 fully saturated rings. The monoisotopic (exact) mass is 234 g/mol. The van der Waals surface area contributed by atoms with Gasteiger partial charge in [0.05, 0.1) is 10.2 Å². The Morgan fingerprint density at radius 1 is 1.00 bits per heavy atom. The van der Waals surface area contributed by atoms with E-state index in [0.717, 1.165) is 4.34 Å². The largest absolute Gasteiger partial charge is 0.272 e. The maximum atomic E-state index is 5.59. The summed E-state index contributed by atoms with van der Waals surface area (Å²) in [7, 11) is 0. The van der Waals surface area contributed by atoms with Crippen LogP contribution in [0.2, 0.25) is 0 Å². The van der Waals surface area contributed by atoms with Gasteiger partial charge in [-0.3, -0.25) is 5.14 Å². The van der Waals surface area contributed by atoms with Crippen LogP contribution in [-0.4, -0.2) is 4.98 Å². The molecule has 2 aliphatic rings. The number of nitrogens with zero attached hydrogens (tertiary/aromatic N) is 1. The molecule has 0 radical (unpaired) electrons. The SMILES string of the molecule is NSc1nc2c3c(c4c(c2s1)CC4)CC3. The van der Waals surface area contributed by atoms with E-state index in [9.17, 15) is 0 Å². The third-order valence-electron chi connectivity index (χ3n) is 3.61. The first-order valence-corrected chi connectivity index (χ1v) is 6.91. The van der Waals surface area contributed by atoms with Crippen molar-refractivity contribution in [1.82, 2.24) is 4.98 Å². The maximum Gasteiger partial charge on any atom is 0.165 e. The lowest BCUT2D eigenvalue weighted by Gasteiger charge is -2.31. The van der Waals surface area contributed by atoms with E-state index in [-0.39, 0.29) is 0 Å². The number of thiazole rings is 1. The second-order valence-electron chi connectivity index (χ2n) is 4.19. The Bertz CT molecular complexity index is 537. The summed E-state index contributed by atoms with van der Waals surface area (Å²) in [4.78, 5) is 4.64. The molecule has 1 aromatic carbocycles. The number of benzene rings is 1. The Labute approximate surface area is 96.0 Å². The summed E-state index contributed by atoms with van der Waals surface area (Å²) in [6, 6.07) is 0. The lowest BCUT2D eigenvalue weighted by molar-refractivity contribution is 0.756. The van der Waals surface area contributed by atoms with Crippen molar-refractivity contribution in [1.29, 1.82) is 0 Å². The lowest BCUT2D eigenvalue weighted by Crippen LogP contribution is -2.21. The van der Waals surface area contributed by atoms with Crippen LogP contribution >= 0.6 is 23.3 Å². The molecule has 0 amide bonds. The molecule has 0 atom stereocenters. The predicted molar refractivity (Wildman–Crippen MR) is 64.5 cm³/mol. The Morgan fingerprint density at radius 3 is 2.27 bits per heavy atom. The van der Waals surface area contributed by atoms with E-state index >= 15 is 0 Å². The number of rotatable bonds is 1. The van der Waals surface area contributed by atoms with Gasteiger partial charge in [-0.05, 0) is 59.9 Å². The van der Waals surface area contributed by atoms with Crippen LogP contribution in [0.15, 0.2) is 4.34 Å². The average molecular weight is 234 g/mol. The first-order chi connectivity index (χ1) is 7.38. The van der Waals surface area contributed by atoms with Gasteiger partial charge in [0.1, 0.15) is 0 Å². The summed E-state index contributed by atoms with van der Waals surface area (Å²) >= 11 is 3.05. The van der Waals surface area contributed by atoms with E-state index in [4.69, 9.17) is 5.14 Å². The topological polar surface area (TPSA) is 38.9 Å². The molecule has 2 N–H and O–H groups in total. The summed E-state index contributed by atoms with van der Waals surface area (Å²) in [5, 5.41) is 5.59. The minimum Gasteiger partial charge on any atom is -0.272 e. The van der Waals surface area contributed by atoms with Crippen molar-refractivity contribution in [3.63, 3.8) is 0 Å². The Morgan fingerprint density at radius 2 is 1.67 bits per heavy atom. The summed E-state index contributed by atoms with van der Waals surface area (Å²) in [6.45, 7) is 0. The standard InChI is InChI=1S/C11H10N2S2/c12-15-11-13-9-7-3-1-5(7)6-2-4-8(6)10(9)14-11/h1-4,12H2. The highest BCUT2D eigenvalue weighted by atomic mass is 32.2. The van der Waals surface area contributed by atoms with Gasteiger partial charge in [0.2, 0.25) is 0 Å². The summed E-state index contributed by atoms with van der Waals surface area (Å²) < 4.78 is 2.43. The quantitative estimate of drug-likeness (QED) is 0.770. The predicted octanol–water partition coefficient (Wildman–Crippen LogP) is 2.46. The van der Waals surface area contributed by atoms with E-state index < -0.39 is 0 Å². The van der Waals surface area contributed by atoms with Gasteiger partial charge >= 0.3 is 0 Å². The Hall–Kier alpha value is -0.580.